The summed E-state index contributed by atoms with van der Waals surface area (Å²) in [4.78, 5) is 22.0. The molecule has 0 unspecified atom stereocenters. The molecule has 0 fully saturated rings. The number of amides is 1. The normalized spacial score (nSPS) is 5.44. The molecule has 7 nitrogen and oxygen atoms in total. The van der Waals surface area contributed by atoms with Gasteiger partial charge in [-0.25, -0.2) is 10.6 Å². The molecular formula is CH6N3NaO4. The van der Waals surface area contributed by atoms with Crippen molar-refractivity contribution in [2.45, 2.75) is 0 Å². The molecule has 0 aliphatic heterocycles. The van der Waals surface area contributed by atoms with Crippen molar-refractivity contribution in [3.63, 3.8) is 0 Å². The molecular weight excluding hydrogens is 141 g/mol. The number of carbonyl (C=O) groups excluding carboxylic acids is 1. The predicted octanol–water partition coefficient (Wildman–Crippen LogP) is -4.44. The van der Waals surface area contributed by atoms with Gasteiger partial charge >= 0.3 is 35.7 Å². The van der Waals surface area contributed by atoms with Crippen LogP contribution >= 0.6 is 0 Å². The summed E-state index contributed by atoms with van der Waals surface area (Å²) in [6.45, 7) is 0. The molecule has 0 bridgehead atoms. The average Bonchev–Trinajstić information content (AvgIpc) is 1.68. The van der Waals surface area contributed by atoms with Crippen LogP contribution in [0.4, 0.5) is 4.79 Å². The van der Waals surface area contributed by atoms with Crippen LogP contribution in [0, 0.1) is 4.91 Å². The van der Waals surface area contributed by atoms with Crippen molar-refractivity contribution >= 4 is 6.09 Å². The standard InChI is InChI=1S/CH3N3O3.Na.H2O.H/c2-3-1(5)7-4-6;;;/h2H2,(H,3,5);;1H2;/q;+1;;-1. The summed E-state index contributed by atoms with van der Waals surface area (Å²) in [5.74, 6) is 4.43. The maximum atomic E-state index is 9.66. The Kier molecular flexibility index (Phi) is 18.9. The zero-order valence-electron chi connectivity index (χ0n) is 5.75. The van der Waals surface area contributed by atoms with E-state index in [1.807, 2.05) is 0 Å². The fourth-order valence-electron chi connectivity index (χ4n) is 0.0602. The smallest absolute Gasteiger partial charge is 1.00 e. The van der Waals surface area contributed by atoms with Gasteiger partial charge in [-0.05, 0) is 0 Å². The quantitative estimate of drug-likeness (QED) is 0.127. The third-order valence-corrected chi connectivity index (χ3v) is 0.238. The van der Waals surface area contributed by atoms with E-state index >= 15 is 0 Å². The Labute approximate surface area is 73.9 Å². The van der Waals surface area contributed by atoms with E-state index in [0.717, 1.165) is 0 Å². The maximum absolute atomic E-state index is 9.66. The van der Waals surface area contributed by atoms with Crippen molar-refractivity contribution in [1.82, 2.24) is 5.43 Å². The molecule has 0 radical (unpaired) electrons. The van der Waals surface area contributed by atoms with Gasteiger partial charge in [0, 0.05) is 0 Å². The number of rotatable bonds is 1. The largest absolute Gasteiger partial charge is 1.00 e. The molecule has 0 saturated carbocycles. The molecule has 50 valence electrons. The minimum atomic E-state index is -1.07. The number of nitrogens with one attached hydrogen (secondary N) is 1. The van der Waals surface area contributed by atoms with E-state index in [2.05, 4.69) is 10.7 Å². The van der Waals surface area contributed by atoms with Gasteiger partial charge < -0.3 is 6.90 Å². The number of hydrogen-bond acceptors (Lipinski definition) is 5. The first-order valence-electron chi connectivity index (χ1n) is 1.31. The van der Waals surface area contributed by atoms with Gasteiger partial charge in [0.1, 0.15) is 0 Å². The Hall–Kier alpha value is -0.210. The van der Waals surface area contributed by atoms with Crippen LogP contribution in [-0.2, 0) is 4.84 Å². The SMILES string of the molecule is NNC(=O)ON=O.O.[H-].[Na+]. The van der Waals surface area contributed by atoms with Crippen LogP contribution in [0.15, 0.2) is 5.34 Å². The van der Waals surface area contributed by atoms with E-state index in [0.29, 0.717) is 0 Å². The first-order valence-corrected chi connectivity index (χ1v) is 1.31. The first kappa shape index (κ1) is 15.9. The third kappa shape index (κ3) is 11.4. The van der Waals surface area contributed by atoms with Gasteiger partial charge in [-0.1, -0.05) is 0 Å². The topological polar surface area (TPSA) is 125 Å². The van der Waals surface area contributed by atoms with Crippen molar-refractivity contribution < 1.29 is 46.1 Å². The fraction of sp³-hybridized carbons (Fsp3) is 0. The second-order valence-corrected chi connectivity index (χ2v) is 0.598. The molecule has 0 aliphatic rings. The Morgan fingerprint density at radius 3 is 2.33 bits per heavy atom. The first-order chi connectivity index (χ1) is 3.31. The molecule has 0 aromatic heterocycles. The van der Waals surface area contributed by atoms with E-state index < -0.39 is 6.09 Å². The zero-order chi connectivity index (χ0) is 5.70. The van der Waals surface area contributed by atoms with Crippen LogP contribution in [0.3, 0.4) is 0 Å². The molecule has 0 atom stereocenters. The molecule has 0 aromatic carbocycles. The fourth-order valence-corrected chi connectivity index (χ4v) is 0.0602. The summed E-state index contributed by atoms with van der Waals surface area (Å²) in [5, 5.41) is 1.76. The molecule has 5 N–H and O–H groups in total. The minimum Gasteiger partial charge on any atom is -1.00 e. The van der Waals surface area contributed by atoms with Crippen LogP contribution in [-0.4, -0.2) is 11.6 Å². The van der Waals surface area contributed by atoms with Crippen molar-refractivity contribution in [3.8, 4) is 0 Å². The van der Waals surface area contributed by atoms with Crippen LogP contribution in [0.2, 0.25) is 0 Å². The molecule has 9 heavy (non-hydrogen) atoms. The second-order valence-electron chi connectivity index (χ2n) is 0.598. The van der Waals surface area contributed by atoms with Crippen LogP contribution in [0.25, 0.3) is 0 Å². The Bertz CT molecular complexity index is 90.6. The summed E-state index contributed by atoms with van der Waals surface area (Å²) in [6, 6.07) is 0. The number of nitrogens with zero attached hydrogens (tertiary/aromatic N) is 1. The Balaban J connectivity index is -0.0000000600. The third-order valence-electron chi connectivity index (χ3n) is 0.238. The molecule has 0 spiro atoms. The van der Waals surface area contributed by atoms with E-state index in [1.54, 1.807) is 5.34 Å². The van der Waals surface area contributed by atoms with E-state index in [9.17, 15) is 4.79 Å². The summed E-state index contributed by atoms with van der Waals surface area (Å²) >= 11 is 0. The van der Waals surface area contributed by atoms with Crippen LogP contribution in [0.5, 0.6) is 0 Å². The zero-order valence-corrected chi connectivity index (χ0v) is 6.75. The minimum absolute atomic E-state index is 0. The summed E-state index contributed by atoms with van der Waals surface area (Å²) in [5.41, 5.74) is 1.51. The number of carbonyl (C=O) groups is 1. The molecule has 1 amide bonds. The van der Waals surface area contributed by atoms with Crippen LogP contribution in [0.1, 0.15) is 1.43 Å². The van der Waals surface area contributed by atoms with Crippen molar-refractivity contribution in [2.75, 3.05) is 0 Å². The van der Waals surface area contributed by atoms with Crippen molar-refractivity contribution in [2.24, 2.45) is 11.2 Å². The number of hydrogen-bond donors (Lipinski definition) is 2. The Morgan fingerprint density at radius 2 is 2.22 bits per heavy atom. The molecule has 0 aliphatic carbocycles. The molecule has 0 heterocycles. The van der Waals surface area contributed by atoms with Gasteiger partial charge in [0.2, 0.25) is 0 Å². The molecule has 0 rings (SSSR count). The van der Waals surface area contributed by atoms with Gasteiger partial charge in [-0.2, -0.15) is 0 Å². The maximum Gasteiger partial charge on any atom is 1.00 e. The van der Waals surface area contributed by atoms with Crippen molar-refractivity contribution in [1.29, 1.82) is 0 Å². The predicted molar refractivity (Wildman–Crippen MR) is 24.3 cm³/mol. The van der Waals surface area contributed by atoms with Gasteiger partial charge in [0.25, 0.3) is 0 Å². The van der Waals surface area contributed by atoms with Crippen LogP contribution < -0.4 is 40.8 Å². The summed E-state index contributed by atoms with van der Waals surface area (Å²) in [7, 11) is 0. The summed E-state index contributed by atoms with van der Waals surface area (Å²) < 4.78 is 0. The van der Waals surface area contributed by atoms with Crippen molar-refractivity contribution in [3.05, 3.63) is 4.91 Å². The van der Waals surface area contributed by atoms with Gasteiger partial charge in [-0.15, -0.1) is 4.91 Å². The number of nitrogens with two attached hydrogens (primary N) is 1. The number of hydrazine groups is 1. The molecule has 8 heteroatoms. The second kappa shape index (κ2) is 10.7. The molecule has 0 aromatic rings. The Morgan fingerprint density at radius 1 is 1.78 bits per heavy atom. The summed E-state index contributed by atoms with van der Waals surface area (Å²) in [6.07, 6.45) is -1.07. The van der Waals surface area contributed by atoms with E-state index in [-0.39, 0.29) is 36.5 Å². The monoisotopic (exact) mass is 147 g/mol. The average molecular weight is 147 g/mol. The van der Waals surface area contributed by atoms with Gasteiger partial charge in [0.15, 0.2) is 5.34 Å². The van der Waals surface area contributed by atoms with E-state index in [1.165, 1.54) is 5.43 Å². The van der Waals surface area contributed by atoms with E-state index in [4.69, 9.17) is 4.91 Å². The molecule has 0 saturated heterocycles. The van der Waals surface area contributed by atoms with Gasteiger partial charge in [0.05, 0.1) is 0 Å². The van der Waals surface area contributed by atoms with Gasteiger partial charge in [-0.3, -0.25) is 10.3 Å².